The highest BCUT2D eigenvalue weighted by atomic mass is 16.4. The number of hydrogen-bond donors (Lipinski definition) is 1. The molecule has 1 aromatic rings. The van der Waals surface area contributed by atoms with Gasteiger partial charge in [0, 0.05) is 24.5 Å². The molecule has 1 fully saturated rings. The van der Waals surface area contributed by atoms with E-state index in [1.54, 1.807) is 0 Å². The van der Waals surface area contributed by atoms with Crippen molar-refractivity contribution in [2.75, 3.05) is 18.0 Å². The molecule has 2 rings (SSSR count). The van der Waals surface area contributed by atoms with E-state index in [9.17, 15) is 4.79 Å². The number of nitrogens with zero attached hydrogens (tertiary/aromatic N) is 3. The Morgan fingerprint density at radius 2 is 2.06 bits per heavy atom. The molecule has 2 heterocycles. The van der Waals surface area contributed by atoms with Gasteiger partial charge in [0.05, 0.1) is 5.92 Å². The first-order chi connectivity index (χ1) is 8.06. The lowest BCUT2D eigenvalue weighted by Crippen LogP contribution is -2.39. The summed E-state index contributed by atoms with van der Waals surface area (Å²) in [7, 11) is 0. The lowest BCUT2D eigenvalue weighted by molar-refractivity contribution is -0.141. The molecule has 5 nitrogen and oxygen atoms in total. The Bertz CT molecular complexity index is 414. The Kier molecular flexibility index (Phi) is 3.26. The van der Waals surface area contributed by atoms with Crippen LogP contribution >= 0.6 is 0 Å². The van der Waals surface area contributed by atoms with Crippen molar-refractivity contribution in [3.8, 4) is 0 Å². The van der Waals surface area contributed by atoms with Crippen molar-refractivity contribution in [2.45, 2.75) is 26.7 Å². The highest BCUT2D eigenvalue weighted by Crippen LogP contribution is 2.20. The van der Waals surface area contributed by atoms with Crippen molar-refractivity contribution in [3.05, 3.63) is 17.5 Å². The summed E-state index contributed by atoms with van der Waals surface area (Å²) >= 11 is 0. The molecule has 0 aromatic carbocycles. The summed E-state index contributed by atoms with van der Waals surface area (Å²) in [4.78, 5) is 21.7. The first-order valence-electron chi connectivity index (χ1n) is 5.86. The van der Waals surface area contributed by atoms with Crippen molar-refractivity contribution >= 4 is 11.9 Å². The van der Waals surface area contributed by atoms with Crippen LogP contribution in [0.4, 0.5) is 5.95 Å². The molecule has 17 heavy (non-hydrogen) atoms. The van der Waals surface area contributed by atoms with Gasteiger partial charge in [0.25, 0.3) is 0 Å². The van der Waals surface area contributed by atoms with Crippen LogP contribution in [0.5, 0.6) is 0 Å². The van der Waals surface area contributed by atoms with Crippen molar-refractivity contribution < 1.29 is 9.90 Å². The molecule has 0 aliphatic carbocycles. The summed E-state index contributed by atoms with van der Waals surface area (Å²) in [6.07, 6.45) is 1.63. The maximum absolute atomic E-state index is 11.0. The third kappa shape index (κ3) is 2.72. The number of aliphatic carboxylic acids is 1. The van der Waals surface area contributed by atoms with Crippen LogP contribution in [0.15, 0.2) is 6.07 Å². The zero-order chi connectivity index (χ0) is 12.4. The van der Waals surface area contributed by atoms with E-state index >= 15 is 0 Å². The minimum atomic E-state index is -0.723. The van der Waals surface area contributed by atoms with E-state index in [0.29, 0.717) is 12.5 Å². The highest BCUT2D eigenvalue weighted by molar-refractivity contribution is 5.71. The standard InChI is InChI=1S/C12H17N3O2/c1-8-6-9(2)14-12(13-8)15-5-3-4-10(7-15)11(16)17/h6,10H,3-5,7H2,1-2H3,(H,16,17). The molecule has 0 bridgehead atoms. The Morgan fingerprint density at radius 3 is 2.65 bits per heavy atom. The van der Waals surface area contributed by atoms with Crippen LogP contribution in [-0.4, -0.2) is 34.1 Å². The van der Waals surface area contributed by atoms with Gasteiger partial charge in [-0.05, 0) is 32.8 Å². The minimum Gasteiger partial charge on any atom is -0.481 e. The van der Waals surface area contributed by atoms with Crippen LogP contribution in [-0.2, 0) is 4.79 Å². The van der Waals surface area contributed by atoms with Gasteiger partial charge in [-0.3, -0.25) is 4.79 Å². The van der Waals surface area contributed by atoms with E-state index in [1.807, 2.05) is 24.8 Å². The lowest BCUT2D eigenvalue weighted by atomic mass is 9.99. The Morgan fingerprint density at radius 1 is 1.41 bits per heavy atom. The van der Waals surface area contributed by atoms with Crippen LogP contribution < -0.4 is 4.90 Å². The molecule has 1 aromatic heterocycles. The lowest BCUT2D eigenvalue weighted by Gasteiger charge is -2.30. The Labute approximate surface area is 100 Å². The maximum atomic E-state index is 11.0. The van der Waals surface area contributed by atoms with Gasteiger partial charge in [-0.1, -0.05) is 0 Å². The number of aryl methyl sites for hydroxylation is 2. The number of carbonyl (C=O) groups is 1. The molecule has 0 saturated carbocycles. The average molecular weight is 235 g/mol. The largest absolute Gasteiger partial charge is 0.481 e. The molecule has 1 saturated heterocycles. The monoisotopic (exact) mass is 235 g/mol. The van der Waals surface area contributed by atoms with Gasteiger partial charge in [0.2, 0.25) is 5.95 Å². The maximum Gasteiger partial charge on any atom is 0.308 e. The summed E-state index contributed by atoms with van der Waals surface area (Å²) in [6.45, 7) is 5.21. The second-order valence-electron chi connectivity index (χ2n) is 4.57. The first-order valence-corrected chi connectivity index (χ1v) is 5.86. The second-order valence-corrected chi connectivity index (χ2v) is 4.57. The SMILES string of the molecule is Cc1cc(C)nc(N2CCCC(C(=O)O)C2)n1. The molecular weight excluding hydrogens is 218 g/mol. The average Bonchev–Trinajstić information content (AvgIpc) is 2.28. The second kappa shape index (κ2) is 4.69. The molecular formula is C12H17N3O2. The minimum absolute atomic E-state index is 0.298. The molecule has 92 valence electrons. The summed E-state index contributed by atoms with van der Waals surface area (Å²) in [5.74, 6) is -0.360. The Hall–Kier alpha value is -1.65. The van der Waals surface area contributed by atoms with Gasteiger partial charge in [-0.2, -0.15) is 0 Å². The fourth-order valence-electron chi connectivity index (χ4n) is 2.21. The van der Waals surface area contributed by atoms with Crippen molar-refractivity contribution in [1.29, 1.82) is 0 Å². The van der Waals surface area contributed by atoms with E-state index < -0.39 is 5.97 Å². The number of aromatic nitrogens is 2. The van der Waals surface area contributed by atoms with Gasteiger partial charge in [-0.25, -0.2) is 9.97 Å². The topological polar surface area (TPSA) is 66.3 Å². The number of rotatable bonds is 2. The van der Waals surface area contributed by atoms with Gasteiger partial charge < -0.3 is 10.0 Å². The summed E-state index contributed by atoms with van der Waals surface area (Å²) < 4.78 is 0. The molecule has 1 aliphatic rings. The van der Waals surface area contributed by atoms with Crippen LogP contribution in [0.2, 0.25) is 0 Å². The molecule has 1 aliphatic heterocycles. The smallest absolute Gasteiger partial charge is 0.308 e. The van der Waals surface area contributed by atoms with Gasteiger partial charge in [0.1, 0.15) is 0 Å². The number of piperidine rings is 1. The summed E-state index contributed by atoms with van der Waals surface area (Å²) in [5, 5.41) is 9.04. The number of carboxylic acid groups (broad SMARTS) is 1. The predicted molar refractivity (Wildman–Crippen MR) is 64.1 cm³/mol. The molecule has 1 atom stereocenters. The van der Waals surface area contributed by atoms with E-state index in [-0.39, 0.29) is 5.92 Å². The summed E-state index contributed by atoms with van der Waals surface area (Å²) in [5.41, 5.74) is 1.84. The van der Waals surface area contributed by atoms with Gasteiger partial charge >= 0.3 is 5.97 Å². The third-order valence-corrected chi connectivity index (χ3v) is 3.02. The first kappa shape index (κ1) is 11.8. The van der Waals surface area contributed by atoms with E-state index in [4.69, 9.17) is 5.11 Å². The van der Waals surface area contributed by atoms with Crippen LogP contribution in [0.25, 0.3) is 0 Å². The third-order valence-electron chi connectivity index (χ3n) is 3.02. The van der Waals surface area contributed by atoms with E-state index in [1.165, 1.54) is 0 Å². The molecule has 5 heteroatoms. The number of carboxylic acids is 1. The zero-order valence-electron chi connectivity index (χ0n) is 10.2. The highest BCUT2D eigenvalue weighted by Gasteiger charge is 2.26. The Balaban J connectivity index is 2.18. The molecule has 1 unspecified atom stereocenters. The normalized spacial score (nSPS) is 20.4. The quantitative estimate of drug-likeness (QED) is 0.839. The van der Waals surface area contributed by atoms with Crippen molar-refractivity contribution in [1.82, 2.24) is 9.97 Å². The molecule has 0 amide bonds. The van der Waals surface area contributed by atoms with E-state index in [0.717, 1.165) is 30.8 Å². The number of anilines is 1. The van der Waals surface area contributed by atoms with Crippen LogP contribution in [0.1, 0.15) is 24.2 Å². The number of hydrogen-bond acceptors (Lipinski definition) is 4. The molecule has 1 N–H and O–H groups in total. The zero-order valence-corrected chi connectivity index (χ0v) is 10.2. The summed E-state index contributed by atoms with van der Waals surface area (Å²) in [6, 6.07) is 1.92. The fourth-order valence-corrected chi connectivity index (χ4v) is 2.21. The van der Waals surface area contributed by atoms with Crippen molar-refractivity contribution in [3.63, 3.8) is 0 Å². The predicted octanol–water partition coefficient (Wildman–Crippen LogP) is 1.39. The van der Waals surface area contributed by atoms with E-state index in [2.05, 4.69) is 9.97 Å². The molecule has 0 spiro atoms. The molecule has 0 radical (unpaired) electrons. The fraction of sp³-hybridized carbons (Fsp3) is 0.583. The van der Waals surface area contributed by atoms with Crippen LogP contribution in [0.3, 0.4) is 0 Å². The van der Waals surface area contributed by atoms with Crippen molar-refractivity contribution in [2.24, 2.45) is 5.92 Å². The van der Waals surface area contributed by atoms with Crippen LogP contribution in [0, 0.1) is 19.8 Å². The van der Waals surface area contributed by atoms with Gasteiger partial charge in [0.15, 0.2) is 0 Å². The van der Waals surface area contributed by atoms with Gasteiger partial charge in [-0.15, -0.1) is 0 Å².